The minimum absolute atomic E-state index is 0.0218. The van der Waals surface area contributed by atoms with Crippen molar-refractivity contribution in [3.63, 3.8) is 0 Å². The lowest BCUT2D eigenvalue weighted by Gasteiger charge is -2.33. The zero-order valence-corrected chi connectivity index (χ0v) is 17.6. The Hall–Kier alpha value is -2.05. The van der Waals surface area contributed by atoms with Gasteiger partial charge in [0.1, 0.15) is 34.1 Å². The molecule has 0 saturated carbocycles. The first kappa shape index (κ1) is 22.2. The van der Waals surface area contributed by atoms with Crippen LogP contribution in [0.4, 0.5) is 0 Å². The number of aromatic nitrogens is 2. The van der Waals surface area contributed by atoms with Crippen LogP contribution in [-0.2, 0) is 20.4 Å². The Labute approximate surface area is 185 Å². The molecule has 2 aromatic rings. The van der Waals surface area contributed by atoms with Crippen molar-refractivity contribution in [2.45, 2.75) is 37.2 Å². The topological polar surface area (TPSA) is 112 Å². The lowest BCUT2D eigenvalue weighted by molar-refractivity contribution is -0.0560. The van der Waals surface area contributed by atoms with Crippen LogP contribution in [-0.4, -0.2) is 41.6 Å². The fourth-order valence-corrected chi connectivity index (χ4v) is 4.90. The van der Waals surface area contributed by atoms with Gasteiger partial charge in [-0.25, -0.2) is 4.79 Å². The number of H-pyrrole nitrogens is 1. The Bertz CT molecular complexity index is 1180. The molecule has 0 amide bonds. The quantitative estimate of drug-likeness (QED) is 0.401. The number of hydrogen-bond acceptors (Lipinski definition) is 7. The van der Waals surface area contributed by atoms with Crippen LogP contribution in [0.5, 0.6) is 5.75 Å². The van der Waals surface area contributed by atoms with E-state index in [1.54, 1.807) is 18.2 Å². The number of nitrogens with zero attached hydrogens (tertiary/aromatic N) is 1. The number of ether oxygens (including phenoxy) is 1. The molecular weight excluding hydrogens is 444 g/mol. The monoisotopic (exact) mass is 459 g/mol. The average Bonchev–Trinajstić information content (AvgIpc) is 3.19. The Balaban J connectivity index is 1.49. The van der Waals surface area contributed by atoms with Crippen LogP contribution in [0.3, 0.4) is 0 Å². The molecule has 0 bridgehead atoms. The molecule has 2 N–H and O–H groups in total. The van der Waals surface area contributed by atoms with Crippen LogP contribution in [0.1, 0.15) is 30.2 Å². The molecule has 2 aliphatic rings. The zero-order chi connectivity index (χ0) is 22.4. The van der Waals surface area contributed by atoms with E-state index in [4.69, 9.17) is 52.0 Å². The van der Waals surface area contributed by atoms with Gasteiger partial charge in [-0.05, 0) is 31.0 Å². The van der Waals surface area contributed by atoms with E-state index in [9.17, 15) is 14.5 Å². The van der Waals surface area contributed by atoms with Crippen LogP contribution >= 0.6 is 19.8 Å². The highest BCUT2D eigenvalue weighted by Crippen LogP contribution is 2.63. The van der Waals surface area contributed by atoms with E-state index < -0.39 is 37.2 Å². The van der Waals surface area contributed by atoms with Crippen molar-refractivity contribution in [2.24, 2.45) is 0 Å². The molecule has 0 spiro atoms. The highest BCUT2D eigenvalue weighted by molar-refractivity contribution is 7.56. The molecule has 9 nitrogen and oxygen atoms in total. The lowest BCUT2D eigenvalue weighted by atomic mass is 9.61. The van der Waals surface area contributed by atoms with Gasteiger partial charge < -0.3 is 4.74 Å². The first-order chi connectivity index (χ1) is 14.6. The molecule has 1 aromatic carbocycles. The van der Waals surface area contributed by atoms with Gasteiger partial charge in [0.05, 0.1) is 11.5 Å². The van der Waals surface area contributed by atoms with Crippen molar-refractivity contribution in [1.82, 2.24) is 9.55 Å². The predicted octanol–water partition coefficient (Wildman–Crippen LogP) is 1.14. The van der Waals surface area contributed by atoms with Gasteiger partial charge in [-0.15, -0.1) is 10.9 Å². The predicted molar refractivity (Wildman–Crippen MR) is 114 cm³/mol. The Morgan fingerprint density at radius 3 is 2.90 bits per heavy atom. The Kier molecular flexibility index (Phi) is 5.81. The fraction of sp³-hybridized carbons (Fsp3) is 0.333. The number of halogens is 1. The van der Waals surface area contributed by atoms with Gasteiger partial charge in [0, 0.05) is 16.8 Å². The number of benzene rings is 1. The summed E-state index contributed by atoms with van der Waals surface area (Å²) in [5, 5.41) is -1.53. The average molecular weight is 459 g/mol. The smallest absolute Gasteiger partial charge is 0.353 e. The summed E-state index contributed by atoms with van der Waals surface area (Å²) in [4.78, 5) is 36.6. The summed E-state index contributed by atoms with van der Waals surface area (Å²) in [6, 6.07) is 4.79. The van der Waals surface area contributed by atoms with Crippen LogP contribution in [0.2, 0.25) is 5.02 Å². The standard InChI is InChI=1S/C18H14B2ClN2O7P/c1-2-10-8-23(17(25)22-16(10)24)15-6-5-14(28-15)18(19,20)30-31(26)27-9-11-7-12(21)3-4-13(11)29-31/h1,3-4,7-8,14-15,26H,5-6,9H2/p+1. The van der Waals surface area contributed by atoms with E-state index >= 15 is 0 Å². The van der Waals surface area contributed by atoms with Gasteiger partial charge in [0.2, 0.25) is 0 Å². The SMILES string of the molecule is [B]C([B])(O[P+]1(O)OCc2cc(Cl)ccc2O1)C1CCC(n2cc(C#C)c(=O)[nH]c2=O)O1. The van der Waals surface area contributed by atoms with Gasteiger partial charge in [-0.3, -0.25) is 18.9 Å². The second-order valence-corrected chi connectivity index (χ2v) is 9.04. The maximum absolute atomic E-state index is 12.1. The summed E-state index contributed by atoms with van der Waals surface area (Å²) in [7, 11) is 8.24. The molecule has 3 unspecified atom stereocenters. The van der Waals surface area contributed by atoms with Crippen molar-refractivity contribution in [1.29, 1.82) is 0 Å². The van der Waals surface area contributed by atoms with Crippen LogP contribution in [0.25, 0.3) is 0 Å². The van der Waals surface area contributed by atoms with Crippen LogP contribution < -0.4 is 15.8 Å². The fourth-order valence-electron chi connectivity index (χ4n) is 3.31. The largest absolute Gasteiger partial charge is 0.618 e. The first-order valence-corrected chi connectivity index (χ1v) is 11.0. The first-order valence-electron chi connectivity index (χ1n) is 9.10. The minimum Gasteiger partial charge on any atom is -0.353 e. The number of terminal acetylenes is 1. The third kappa shape index (κ3) is 4.46. The molecule has 4 radical (unpaired) electrons. The molecule has 0 aliphatic carbocycles. The Morgan fingerprint density at radius 1 is 1.39 bits per heavy atom. The minimum atomic E-state index is -3.92. The summed E-state index contributed by atoms with van der Waals surface area (Å²) in [5.74, 6) is 2.52. The van der Waals surface area contributed by atoms with E-state index in [1.165, 1.54) is 6.20 Å². The highest BCUT2D eigenvalue weighted by atomic mass is 35.5. The molecular formula is C18H15B2ClN2O7P+. The molecule has 1 fully saturated rings. The van der Waals surface area contributed by atoms with E-state index in [0.29, 0.717) is 22.8 Å². The maximum Gasteiger partial charge on any atom is 0.618 e. The molecule has 3 atom stereocenters. The van der Waals surface area contributed by atoms with Gasteiger partial charge in [0.15, 0.2) is 5.75 Å². The summed E-state index contributed by atoms with van der Waals surface area (Å²) < 4.78 is 23.2. The van der Waals surface area contributed by atoms with Crippen molar-refractivity contribution in [3.05, 3.63) is 61.4 Å². The number of rotatable bonds is 4. The third-order valence-electron chi connectivity index (χ3n) is 4.83. The lowest BCUT2D eigenvalue weighted by Crippen LogP contribution is -2.47. The van der Waals surface area contributed by atoms with Crippen LogP contribution in [0, 0.1) is 12.3 Å². The summed E-state index contributed by atoms with van der Waals surface area (Å²) in [6.07, 6.45) is 5.36. The number of nitrogens with one attached hydrogen (secondary N) is 1. The normalized spacial score (nSPS) is 25.5. The van der Waals surface area contributed by atoms with Crippen LogP contribution in [0.15, 0.2) is 34.0 Å². The molecule has 2 aliphatic heterocycles. The third-order valence-corrected chi connectivity index (χ3v) is 6.49. The summed E-state index contributed by atoms with van der Waals surface area (Å²) in [6.45, 7) is -0.0218. The molecule has 13 heteroatoms. The molecule has 31 heavy (non-hydrogen) atoms. The van der Waals surface area contributed by atoms with Gasteiger partial charge in [-0.2, -0.15) is 9.42 Å². The van der Waals surface area contributed by atoms with Crippen molar-refractivity contribution >= 4 is 35.5 Å². The highest BCUT2D eigenvalue weighted by Gasteiger charge is 2.56. The van der Waals surface area contributed by atoms with Gasteiger partial charge >= 0.3 is 13.9 Å². The molecule has 156 valence electrons. The van der Waals surface area contributed by atoms with Crippen molar-refractivity contribution < 1.29 is 23.2 Å². The van der Waals surface area contributed by atoms with E-state index in [1.807, 2.05) is 0 Å². The number of hydrogen-bond donors (Lipinski definition) is 2. The van der Waals surface area contributed by atoms with E-state index in [0.717, 1.165) is 4.57 Å². The molecule has 4 rings (SSSR count). The van der Waals surface area contributed by atoms with Gasteiger partial charge in [-0.1, -0.05) is 17.5 Å². The molecule has 3 heterocycles. The molecule has 1 aromatic heterocycles. The van der Waals surface area contributed by atoms with Crippen molar-refractivity contribution in [3.8, 4) is 18.1 Å². The summed E-state index contributed by atoms with van der Waals surface area (Å²) >= 11 is 5.94. The number of aromatic amines is 1. The van der Waals surface area contributed by atoms with Gasteiger partial charge in [0.25, 0.3) is 5.56 Å². The maximum atomic E-state index is 12.1. The second-order valence-electron chi connectivity index (χ2n) is 7.04. The van der Waals surface area contributed by atoms with Crippen molar-refractivity contribution in [2.75, 3.05) is 0 Å². The molecule has 1 saturated heterocycles. The zero-order valence-electron chi connectivity index (χ0n) is 16.0. The number of fused-ring (bicyclic) bond motifs is 1. The summed E-state index contributed by atoms with van der Waals surface area (Å²) in [5.41, 5.74) is -0.776. The van der Waals surface area contributed by atoms with E-state index in [2.05, 4.69) is 10.9 Å². The second kappa shape index (κ2) is 8.14. The van der Waals surface area contributed by atoms with E-state index in [-0.39, 0.29) is 18.6 Å². The Morgan fingerprint density at radius 2 is 2.16 bits per heavy atom.